The Balaban J connectivity index is 1.47. The van der Waals surface area contributed by atoms with Crippen molar-refractivity contribution in [3.8, 4) is 11.5 Å². The van der Waals surface area contributed by atoms with Gasteiger partial charge in [0.05, 0.1) is 0 Å². The number of anilines is 1. The molecular formula is C23H22N2O2S2. The van der Waals surface area contributed by atoms with E-state index in [1.54, 1.807) is 23.5 Å². The normalized spacial score (nSPS) is 15.9. The van der Waals surface area contributed by atoms with Crippen LogP contribution in [-0.2, 0) is 0 Å². The number of nitrogens with zero attached hydrogens (tertiary/aromatic N) is 1. The van der Waals surface area contributed by atoms with Crippen LogP contribution in [0, 0.1) is 0 Å². The molecule has 0 aliphatic carbocycles. The molecule has 1 N–H and O–H groups in total. The first-order valence-electron chi connectivity index (χ1n) is 9.39. The van der Waals surface area contributed by atoms with Crippen molar-refractivity contribution >= 4 is 35.2 Å². The van der Waals surface area contributed by atoms with Crippen molar-refractivity contribution in [2.24, 2.45) is 0 Å². The van der Waals surface area contributed by atoms with E-state index in [0.29, 0.717) is 6.54 Å². The third kappa shape index (κ3) is 4.89. The highest BCUT2D eigenvalue weighted by Crippen LogP contribution is 2.39. The van der Waals surface area contributed by atoms with Crippen molar-refractivity contribution in [3.63, 3.8) is 0 Å². The third-order valence-electron chi connectivity index (χ3n) is 4.62. The molecule has 2 amide bonds. The highest BCUT2D eigenvalue weighted by atomic mass is 32.2. The summed E-state index contributed by atoms with van der Waals surface area (Å²) in [6.07, 6.45) is 2.04. The average molecular weight is 423 g/mol. The molecule has 29 heavy (non-hydrogen) atoms. The number of nitrogens with one attached hydrogen (secondary N) is 1. The first-order chi connectivity index (χ1) is 14.2. The smallest absolute Gasteiger partial charge is 0.323 e. The Bertz CT molecular complexity index is 964. The maximum absolute atomic E-state index is 12.9. The largest absolute Gasteiger partial charge is 0.457 e. The maximum Gasteiger partial charge on any atom is 0.323 e. The molecule has 6 heteroatoms. The molecule has 148 valence electrons. The summed E-state index contributed by atoms with van der Waals surface area (Å²) in [4.78, 5) is 16.0. The molecule has 4 rings (SSSR count). The van der Waals surface area contributed by atoms with Gasteiger partial charge in [0.1, 0.15) is 16.9 Å². The van der Waals surface area contributed by atoms with Gasteiger partial charge in [-0.1, -0.05) is 30.3 Å². The minimum absolute atomic E-state index is 0.0280. The summed E-state index contributed by atoms with van der Waals surface area (Å²) in [5.74, 6) is 2.48. The maximum atomic E-state index is 12.9. The molecule has 1 aliphatic heterocycles. The van der Waals surface area contributed by atoms with Gasteiger partial charge >= 0.3 is 6.03 Å². The second-order valence-corrected chi connectivity index (χ2v) is 8.63. The number of para-hydroxylation sites is 1. The first-order valence-corrected chi connectivity index (χ1v) is 11.7. The summed E-state index contributed by atoms with van der Waals surface area (Å²) in [5.41, 5.74) is 1.87. The molecule has 1 fully saturated rings. The number of hydrogen-bond acceptors (Lipinski definition) is 4. The third-order valence-corrected chi connectivity index (χ3v) is 6.62. The number of carbonyl (C=O) groups excluding carboxylic acids is 1. The highest BCUT2D eigenvalue weighted by molar-refractivity contribution is 7.99. The lowest BCUT2D eigenvalue weighted by molar-refractivity contribution is 0.214. The lowest BCUT2D eigenvalue weighted by Crippen LogP contribution is -2.34. The van der Waals surface area contributed by atoms with E-state index in [2.05, 4.69) is 5.32 Å². The van der Waals surface area contributed by atoms with Gasteiger partial charge in [-0.15, -0.1) is 23.5 Å². The van der Waals surface area contributed by atoms with Crippen molar-refractivity contribution in [2.75, 3.05) is 23.9 Å². The topological polar surface area (TPSA) is 41.6 Å². The van der Waals surface area contributed by atoms with Gasteiger partial charge in [0.2, 0.25) is 0 Å². The molecule has 0 radical (unpaired) electrons. The van der Waals surface area contributed by atoms with E-state index in [4.69, 9.17) is 4.74 Å². The molecule has 0 aromatic heterocycles. The highest BCUT2D eigenvalue weighted by Gasteiger charge is 2.31. The number of carbonyl (C=O) groups is 1. The molecule has 3 aromatic carbocycles. The number of urea groups is 1. The second-order valence-electron chi connectivity index (χ2n) is 6.56. The molecular weight excluding hydrogens is 400 g/mol. The van der Waals surface area contributed by atoms with Crippen LogP contribution in [0.15, 0.2) is 83.8 Å². The zero-order valence-electron chi connectivity index (χ0n) is 16.1. The van der Waals surface area contributed by atoms with Gasteiger partial charge in [-0.25, -0.2) is 4.79 Å². The summed E-state index contributed by atoms with van der Waals surface area (Å²) in [6.45, 7) is 0.716. The molecule has 1 atom stereocenters. The van der Waals surface area contributed by atoms with Crippen LogP contribution in [0.1, 0.15) is 10.9 Å². The van der Waals surface area contributed by atoms with Gasteiger partial charge in [-0.05, 0) is 60.4 Å². The van der Waals surface area contributed by atoms with Gasteiger partial charge in [0.15, 0.2) is 0 Å². The van der Waals surface area contributed by atoms with Gasteiger partial charge in [0, 0.05) is 22.9 Å². The van der Waals surface area contributed by atoms with Crippen LogP contribution < -0.4 is 10.1 Å². The van der Waals surface area contributed by atoms with Gasteiger partial charge in [-0.2, -0.15) is 0 Å². The summed E-state index contributed by atoms with van der Waals surface area (Å²) in [6, 6.07) is 25.5. The molecule has 1 heterocycles. The van der Waals surface area contributed by atoms with Crippen molar-refractivity contribution < 1.29 is 9.53 Å². The summed E-state index contributed by atoms with van der Waals surface area (Å²) >= 11 is 3.45. The fourth-order valence-corrected chi connectivity index (χ4v) is 4.83. The molecule has 3 aromatic rings. The molecule has 0 saturated carbocycles. The molecule has 0 spiro atoms. The van der Waals surface area contributed by atoms with Crippen LogP contribution in [0.5, 0.6) is 11.5 Å². The van der Waals surface area contributed by atoms with Crippen molar-refractivity contribution in [3.05, 3.63) is 84.4 Å². The Morgan fingerprint density at radius 2 is 1.79 bits per heavy atom. The fourth-order valence-electron chi connectivity index (χ4n) is 3.18. The lowest BCUT2D eigenvalue weighted by Gasteiger charge is -2.25. The van der Waals surface area contributed by atoms with Gasteiger partial charge in [-0.3, -0.25) is 0 Å². The minimum Gasteiger partial charge on any atom is -0.457 e. The number of benzene rings is 3. The Morgan fingerprint density at radius 1 is 1.03 bits per heavy atom. The summed E-state index contributed by atoms with van der Waals surface area (Å²) in [5, 5.41) is 2.99. The fraction of sp³-hybridized carbons (Fsp3) is 0.174. The van der Waals surface area contributed by atoms with Crippen LogP contribution >= 0.6 is 23.5 Å². The predicted molar refractivity (Wildman–Crippen MR) is 122 cm³/mol. The number of amides is 2. The van der Waals surface area contributed by atoms with Crippen molar-refractivity contribution in [1.29, 1.82) is 0 Å². The number of rotatable bonds is 5. The van der Waals surface area contributed by atoms with Crippen LogP contribution in [0.2, 0.25) is 0 Å². The number of thioether (sulfide) groups is 2. The van der Waals surface area contributed by atoms with Crippen LogP contribution in [0.4, 0.5) is 10.5 Å². The zero-order valence-corrected chi connectivity index (χ0v) is 17.7. The van der Waals surface area contributed by atoms with Crippen LogP contribution in [0.25, 0.3) is 0 Å². The number of ether oxygens (including phenoxy) is 1. The standard InChI is InChI=1S/C23H22N2O2S2/c1-28-21-12-10-18(11-13-21)24-23(26)25-14-15-29-22(25)17-6-5-9-20(16-17)27-19-7-3-2-4-8-19/h2-13,16,22H,14-15H2,1H3,(H,24,26). The zero-order chi connectivity index (χ0) is 20.1. The molecule has 1 unspecified atom stereocenters. The number of hydrogen-bond donors (Lipinski definition) is 1. The predicted octanol–water partition coefficient (Wildman–Crippen LogP) is 6.48. The summed E-state index contributed by atoms with van der Waals surface area (Å²) < 4.78 is 5.96. The van der Waals surface area contributed by atoms with E-state index in [0.717, 1.165) is 28.5 Å². The average Bonchev–Trinajstić information content (AvgIpc) is 3.25. The van der Waals surface area contributed by atoms with E-state index in [1.165, 1.54) is 4.90 Å². The molecule has 0 bridgehead atoms. The lowest BCUT2D eigenvalue weighted by atomic mass is 10.2. The molecule has 1 saturated heterocycles. The van der Waals surface area contributed by atoms with Crippen molar-refractivity contribution in [2.45, 2.75) is 10.3 Å². The first kappa shape index (κ1) is 19.7. The Morgan fingerprint density at radius 3 is 2.55 bits per heavy atom. The monoisotopic (exact) mass is 422 g/mol. The second kappa shape index (κ2) is 9.29. The van der Waals surface area contributed by atoms with Crippen LogP contribution in [-0.4, -0.2) is 29.5 Å². The SMILES string of the molecule is CSc1ccc(NC(=O)N2CCSC2c2cccc(Oc3ccccc3)c2)cc1. The quantitative estimate of drug-likeness (QED) is 0.478. The molecule has 1 aliphatic rings. The van der Waals surface area contributed by atoms with E-state index in [9.17, 15) is 4.79 Å². The van der Waals surface area contributed by atoms with Crippen LogP contribution in [0.3, 0.4) is 0 Å². The Kier molecular flexibility index (Phi) is 6.32. The van der Waals surface area contributed by atoms with E-state index in [1.807, 2.05) is 90.0 Å². The summed E-state index contributed by atoms with van der Waals surface area (Å²) in [7, 11) is 0. The Hall–Kier alpha value is -2.57. The van der Waals surface area contributed by atoms with E-state index in [-0.39, 0.29) is 11.4 Å². The van der Waals surface area contributed by atoms with Crippen molar-refractivity contribution in [1.82, 2.24) is 4.90 Å². The molecule has 4 nitrogen and oxygen atoms in total. The minimum atomic E-state index is -0.0775. The van der Waals surface area contributed by atoms with Gasteiger partial charge in [0.25, 0.3) is 0 Å². The Labute approximate surface area is 179 Å². The van der Waals surface area contributed by atoms with E-state index >= 15 is 0 Å². The van der Waals surface area contributed by atoms with E-state index < -0.39 is 0 Å². The van der Waals surface area contributed by atoms with Gasteiger partial charge < -0.3 is 15.0 Å².